The second kappa shape index (κ2) is 10.7. The van der Waals surface area contributed by atoms with Gasteiger partial charge in [0.2, 0.25) is 5.91 Å². The van der Waals surface area contributed by atoms with Crippen LogP contribution in [-0.4, -0.2) is 57.7 Å². The molecule has 1 aromatic heterocycles. The molecule has 1 aliphatic heterocycles. The number of hydrogen-bond donors (Lipinski definition) is 2. The third kappa shape index (κ3) is 6.17. The summed E-state index contributed by atoms with van der Waals surface area (Å²) in [5.74, 6) is 0.475. The standard InChI is InChI=1S/C24H28N6O3/c1-2-33-22-9-7-20(8-10-22)28-24(32)18-3-5-19(6-4-18)27-23(31)15-29-13-11-21(12-14-29)30-17-25-16-26-30/h3-10,16-17,21H,2,11-15H2,1H3,(H,27,31)(H,28,32). The lowest BCUT2D eigenvalue weighted by Crippen LogP contribution is -2.39. The average molecular weight is 449 g/mol. The average Bonchev–Trinajstić information content (AvgIpc) is 3.36. The van der Waals surface area contributed by atoms with Gasteiger partial charge in [-0.3, -0.25) is 14.5 Å². The van der Waals surface area contributed by atoms with Crippen LogP contribution in [0.5, 0.6) is 5.75 Å². The molecule has 3 aromatic rings. The Labute approximate surface area is 192 Å². The molecule has 33 heavy (non-hydrogen) atoms. The third-order valence-electron chi connectivity index (χ3n) is 5.59. The highest BCUT2D eigenvalue weighted by molar-refractivity contribution is 6.04. The molecule has 0 saturated carbocycles. The van der Waals surface area contributed by atoms with Crippen molar-refractivity contribution in [3.63, 3.8) is 0 Å². The fourth-order valence-corrected chi connectivity index (χ4v) is 3.86. The smallest absolute Gasteiger partial charge is 0.255 e. The molecule has 0 atom stereocenters. The van der Waals surface area contributed by atoms with E-state index in [1.165, 1.54) is 0 Å². The van der Waals surface area contributed by atoms with Crippen LogP contribution in [0.1, 0.15) is 36.2 Å². The van der Waals surface area contributed by atoms with Gasteiger partial charge in [-0.15, -0.1) is 0 Å². The van der Waals surface area contributed by atoms with Crippen molar-refractivity contribution in [3.8, 4) is 5.75 Å². The Hall–Kier alpha value is -3.72. The number of carbonyl (C=O) groups excluding carboxylic acids is 2. The zero-order valence-corrected chi connectivity index (χ0v) is 18.6. The lowest BCUT2D eigenvalue weighted by Gasteiger charge is -2.31. The number of carbonyl (C=O) groups is 2. The minimum absolute atomic E-state index is 0.0687. The van der Waals surface area contributed by atoms with Gasteiger partial charge in [0.25, 0.3) is 5.91 Å². The van der Waals surface area contributed by atoms with Crippen molar-refractivity contribution in [2.24, 2.45) is 0 Å². The Kier molecular flexibility index (Phi) is 7.31. The molecule has 0 radical (unpaired) electrons. The van der Waals surface area contributed by atoms with Crippen molar-refractivity contribution >= 4 is 23.2 Å². The van der Waals surface area contributed by atoms with Crippen molar-refractivity contribution in [2.75, 3.05) is 36.9 Å². The summed E-state index contributed by atoms with van der Waals surface area (Å²) >= 11 is 0. The molecule has 9 heteroatoms. The summed E-state index contributed by atoms with van der Waals surface area (Å²) in [5, 5.41) is 9.97. The van der Waals surface area contributed by atoms with E-state index in [4.69, 9.17) is 4.74 Å². The normalized spacial score (nSPS) is 14.6. The number of rotatable bonds is 8. The molecule has 9 nitrogen and oxygen atoms in total. The van der Waals surface area contributed by atoms with E-state index >= 15 is 0 Å². The molecule has 2 N–H and O–H groups in total. The van der Waals surface area contributed by atoms with E-state index < -0.39 is 0 Å². The van der Waals surface area contributed by atoms with E-state index in [-0.39, 0.29) is 11.8 Å². The highest BCUT2D eigenvalue weighted by Gasteiger charge is 2.22. The number of ether oxygens (including phenoxy) is 1. The molecule has 1 aliphatic rings. The van der Waals surface area contributed by atoms with Gasteiger partial charge in [0.15, 0.2) is 0 Å². The monoisotopic (exact) mass is 448 g/mol. The molecular weight excluding hydrogens is 420 g/mol. The SMILES string of the molecule is CCOc1ccc(NC(=O)c2ccc(NC(=O)CN3CCC(n4cncn4)CC3)cc2)cc1. The maximum atomic E-state index is 12.5. The van der Waals surface area contributed by atoms with Gasteiger partial charge >= 0.3 is 0 Å². The van der Waals surface area contributed by atoms with Crippen LogP contribution in [-0.2, 0) is 4.79 Å². The molecule has 2 aromatic carbocycles. The van der Waals surface area contributed by atoms with E-state index in [0.29, 0.717) is 36.1 Å². The summed E-state index contributed by atoms with van der Waals surface area (Å²) in [6, 6.07) is 14.4. The van der Waals surface area contributed by atoms with Crippen molar-refractivity contribution in [2.45, 2.75) is 25.8 Å². The third-order valence-corrected chi connectivity index (χ3v) is 5.59. The molecule has 0 unspecified atom stereocenters. The first kappa shape index (κ1) is 22.5. The van der Waals surface area contributed by atoms with Gasteiger partial charge < -0.3 is 15.4 Å². The van der Waals surface area contributed by atoms with Gasteiger partial charge in [-0.25, -0.2) is 9.67 Å². The molecule has 1 fully saturated rings. The molecule has 0 aliphatic carbocycles. The molecule has 4 rings (SSSR count). The minimum atomic E-state index is -0.215. The fraction of sp³-hybridized carbons (Fsp3) is 0.333. The van der Waals surface area contributed by atoms with Crippen molar-refractivity contribution in [3.05, 3.63) is 66.7 Å². The number of benzene rings is 2. The fourth-order valence-electron chi connectivity index (χ4n) is 3.86. The van der Waals surface area contributed by atoms with Gasteiger partial charge in [0, 0.05) is 30.0 Å². The van der Waals surface area contributed by atoms with E-state index in [1.807, 2.05) is 23.7 Å². The first-order chi connectivity index (χ1) is 16.1. The topological polar surface area (TPSA) is 101 Å². The van der Waals surface area contributed by atoms with Crippen LogP contribution >= 0.6 is 0 Å². The Morgan fingerprint density at radius 1 is 1.00 bits per heavy atom. The van der Waals surface area contributed by atoms with E-state index in [2.05, 4.69) is 25.6 Å². The molecule has 2 amide bonds. The van der Waals surface area contributed by atoms with Crippen LogP contribution in [0.25, 0.3) is 0 Å². The highest BCUT2D eigenvalue weighted by Crippen LogP contribution is 2.21. The number of aromatic nitrogens is 3. The van der Waals surface area contributed by atoms with Crippen LogP contribution in [0, 0.1) is 0 Å². The van der Waals surface area contributed by atoms with Crippen LogP contribution in [0.2, 0.25) is 0 Å². The van der Waals surface area contributed by atoms with Gasteiger partial charge in [-0.05, 0) is 68.3 Å². The Morgan fingerprint density at radius 2 is 1.67 bits per heavy atom. The summed E-state index contributed by atoms with van der Waals surface area (Å²) in [6.07, 6.45) is 5.17. The van der Waals surface area contributed by atoms with Crippen molar-refractivity contribution in [1.82, 2.24) is 19.7 Å². The summed E-state index contributed by atoms with van der Waals surface area (Å²) in [6.45, 7) is 4.53. The second-order valence-electron chi connectivity index (χ2n) is 7.92. The number of amides is 2. The van der Waals surface area contributed by atoms with Crippen LogP contribution in [0.4, 0.5) is 11.4 Å². The molecule has 0 bridgehead atoms. The predicted molar refractivity (Wildman–Crippen MR) is 125 cm³/mol. The molecular formula is C24H28N6O3. The number of nitrogens with zero attached hydrogens (tertiary/aromatic N) is 4. The summed E-state index contributed by atoms with van der Waals surface area (Å²) in [5.41, 5.74) is 1.86. The molecule has 2 heterocycles. The van der Waals surface area contributed by atoms with Gasteiger partial charge in [0.1, 0.15) is 18.4 Å². The number of nitrogens with one attached hydrogen (secondary N) is 2. The van der Waals surface area contributed by atoms with E-state index in [0.717, 1.165) is 31.7 Å². The Bertz CT molecular complexity index is 1040. The van der Waals surface area contributed by atoms with Gasteiger partial charge in [-0.1, -0.05) is 0 Å². The van der Waals surface area contributed by atoms with Crippen molar-refractivity contribution < 1.29 is 14.3 Å². The second-order valence-corrected chi connectivity index (χ2v) is 7.92. The zero-order valence-electron chi connectivity index (χ0n) is 18.6. The molecule has 1 saturated heterocycles. The molecule has 0 spiro atoms. The van der Waals surface area contributed by atoms with Gasteiger partial charge in [-0.2, -0.15) is 5.10 Å². The number of hydrogen-bond acceptors (Lipinski definition) is 6. The minimum Gasteiger partial charge on any atom is -0.494 e. The maximum Gasteiger partial charge on any atom is 0.255 e. The molecule has 172 valence electrons. The van der Waals surface area contributed by atoms with Crippen LogP contribution in [0.3, 0.4) is 0 Å². The van der Waals surface area contributed by atoms with Gasteiger partial charge in [0.05, 0.1) is 19.2 Å². The number of piperidine rings is 1. The summed E-state index contributed by atoms with van der Waals surface area (Å²) in [4.78, 5) is 31.1. The van der Waals surface area contributed by atoms with E-state index in [9.17, 15) is 9.59 Å². The lowest BCUT2D eigenvalue weighted by atomic mass is 10.1. The van der Waals surface area contributed by atoms with Crippen LogP contribution in [0.15, 0.2) is 61.2 Å². The highest BCUT2D eigenvalue weighted by atomic mass is 16.5. The largest absolute Gasteiger partial charge is 0.494 e. The predicted octanol–water partition coefficient (Wildman–Crippen LogP) is 3.20. The quantitative estimate of drug-likeness (QED) is 0.549. The summed E-state index contributed by atoms with van der Waals surface area (Å²) in [7, 11) is 0. The first-order valence-electron chi connectivity index (χ1n) is 11.1. The summed E-state index contributed by atoms with van der Waals surface area (Å²) < 4.78 is 7.30. The number of anilines is 2. The van der Waals surface area contributed by atoms with Crippen molar-refractivity contribution in [1.29, 1.82) is 0 Å². The lowest BCUT2D eigenvalue weighted by molar-refractivity contribution is -0.117. The first-order valence-corrected chi connectivity index (χ1v) is 11.1. The zero-order chi connectivity index (χ0) is 23.0. The van der Waals surface area contributed by atoms with E-state index in [1.54, 1.807) is 49.1 Å². The Morgan fingerprint density at radius 3 is 2.30 bits per heavy atom. The van der Waals surface area contributed by atoms with Crippen LogP contribution < -0.4 is 15.4 Å². The number of likely N-dealkylation sites (tertiary alicyclic amines) is 1. The Balaban J connectivity index is 1.23. The maximum absolute atomic E-state index is 12.5.